The predicted molar refractivity (Wildman–Crippen MR) is 87.9 cm³/mol. The van der Waals surface area contributed by atoms with Crippen LogP contribution in [0, 0.1) is 0 Å². The summed E-state index contributed by atoms with van der Waals surface area (Å²) in [5, 5.41) is 2.57. The molecule has 2 aromatic rings. The van der Waals surface area contributed by atoms with E-state index >= 15 is 0 Å². The van der Waals surface area contributed by atoms with Crippen molar-refractivity contribution in [3.8, 4) is 11.1 Å². The molecular weight excluding hydrogens is 368 g/mol. The van der Waals surface area contributed by atoms with Gasteiger partial charge >= 0.3 is 0 Å². The number of amides is 2. The van der Waals surface area contributed by atoms with Crippen LogP contribution in [0.5, 0.6) is 0 Å². The van der Waals surface area contributed by atoms with E-state index in [9.17, 15) is 9.59 Å². The molecular formula is C15H7Cl4NO2. The molecule has 0 aromatic heterocycles. The van der Waals surface area contributed by atoms with E-state index in [0.717, 1.165) is 0 Å². The molecule has 0 spiro atoms. The normalized spacial score (nSPS) is 14.0. The number of rotatable bonds is 1. The Morgan fingerprint density at radius 3 is 2.14 bits per heavy atom. The predicted octanol–water partition coefficient (Wildman–Crippen LogP) is 4.72. The van der Waals surface area contributed by atoms with E-state index in [0.29, 0.717) is 21.7 Å². The maximum absolute atomic E-state index is 12.1. The Hall–Kier alpha value is -1.26. The lowest BCUT2D eigenvalue weighted by Crippen LogP contribution is -2.20. The van der Waals surface area contributed by atoms with Gasteiger partial charge in [0, 0.05) is 16.1 Å². The summed E-state index contributed by atoms with van der Waals surface area (Å²) >= 11 is 24.3. The molecule has 3 nitrogen and oxygen atoms in total. The van der Waals surface area contributed by atoms with Gasteiger partial charge in [-0.15, -0.1) is 0 Å². The van der Waals surface area contributed by atoms with Crippen molar-refractivity contribution in [2.24, 2.45) is 0 Å². The van der Waals surface area contributed by atoms with Gasteiger partial charge < -0.3 is 0 Å². The Bertz CT molecular complexity index is 812. The zero-order valence-electron chi connectivity index (χ0n) is 10.8. The summed E-state index contributed by atoms with van der Waals surface area (Å²) in [6, 6.07) is 9.77. The molecule has 0 saturated heterocycles. The third kappa shape index (κ3) is 2.48. The molecule has 1 heterocycles. The summed E-state index contributed by atoms with van der Waals surface area (Å²) < 4.78 is -1.72. The van der Waals surface area contributed by atoms with Crippen molar-refractivity contribution in [3.63, 3.8) is 0 Å². The summed E-state index contributed by atoms with van der Waals surface area (Å²) in [5.41, 5.74) is 1.72. The highest BCUT2D eigenvalue weighted by molar-refractivity contribution is 6.67. The molecule has 0 fully saturated rings. The highest BCUT2D eigenvalue weighted by Crippen LogP contribution is 2.46. The lowest BCUT2D eigenvalue weighted by Gasteiger charge is -2.19. The van der Waals surface area contributed by atoms with Crippen molar-refractivity contribution in [1.29, 1.82) is 0 Å². The minimum Gasteiger partial charge on any atom is -0.288 e. The van der Waals surface area contributed by atoms with Crippen LogP contribution in [0.3, 0.4) is 0 Å². The Morgan fingerprint density at radius 1 is 0.818 bits per heavy atom. The minimum absolute atomic E-state index is 0.232. The van der Waals surface area contributed by atoms with Gasteiger partial charge in [0.05, 0.1) is 11.1 Å². The highest BCUT2D eigenvalue weighted by atomic mass is 35.6. The van der Waals surface area contributed by atoms with Crippen molar-refractivity contribution in [2.45, 2.75) is 3.79 Å². The van der Waals surface area contributed by atoms with Gasteiger partial charge in [-0.25, -0.2) is 0 Å². The fraction of sp³-hybridized carbons (Fsp3) is 0.0667. The average Bonchev–Trinajstić information content (AvgIpc) is 2.73. The van der Waals surface area contributed by atoms with Crippen molar-refractivity contribution in [1.82, 2.24) is 5.32 Å². The maximum atomic E-state index is 12.1. The zero-order valence-corrected chi connectivity index (χ0v) is 13.8. The molecule has 0 unspecified atom stereocenters. The fourth-order valence-electron chi connectivity index (χ4n) is 2.46. The number of carbonyl (C=O) groups is 2. The molecule has 112 valence electrons. The monoisotopic (exact) mass is 373 g/mol. The largest absolute Gasteiger partial charge is 0.288 e. The lowest BCUT2D eigenvalue weighted by molar-refractivity contribution is 0.0880. The van der Waals surface area contributed by atoms with Crippen LogP contribution in [-0.2, 0) is 3.79 Å². The molecule has 0 aliphatic carbocycles. The van der Waals surface area contributed by atoms with E-state index < -0.39 is 15.6 Å². The van der Waals surface area contributed by atoms with E-state index in [-0.39, 0.29) is 11.1 Å². The van der Waals surface area contributed by atoms with E-state index in [1.54, 1.807) is 36.4 Å². The first-order valence-electron chi connectivity index (χ1n) is 6.15. The van der Waals surface area contributed by atoms with Gasteiger partial charge in [0.2, 0.25) is 3.79 Å². The van der Waals surface area contributed by atoms with Crippen molar-refractivity contribution in [3.05, 3.63) is 58.1 Å². The Kier molecular flexibility index (Phi) is 3.86. The molecule has 1 aliphatic heterocycles. The van der Waals surface area contributed by atoms with Crippen LogP contribution in [0.4, 0.5) is 0 Å². The standard InChI is InChI=1S/C15H7Cl4NO2/c16-10-6-2-5-9(15(17,18)19)12(10)7-3-1-4-8-11(7)14(22)20-13(8)21/h1-6H,(H,20,21,22). The minimum atomic E-state index is -1.72. The quantitative estimate of drug-likeness (QED) is 0.580. The first-order chi connectivity index (χ1) is 10.3. The number of benzene rings is 2. The van der Waals surface area contributed by atoms with Crippen molar-refractivity contribution >= 4 is 58.2 Å². The molecule has 1 N–H and O–H groups in total. The van der Waals surface area contributed by atoms with Crippen LogP contribution in [0.1, 0.15) is 26.3 Å². The molecule has 3 rings (SSSR count). The second kappa shape index (κ2) is 5.43. The van der Waals surface area contributed by atoms with Gasteiger partial charge in [0.1, 0.15) is 0 Å². The van der Waals surface area contributed by atoms with Crippen LogP contribution < -0.4 is 5.32 Å². The zero-order chi connectivity index (χ0) is 16.1. The van der Waals surface area contributed by atoms with Gasteiger partial charge in [-0.1, -0.05) is 70.7 Å². The topological polar surface area (TPSA) is 46.2 Å². The molecule has 7 heteroatoms. The maximum Gasteiger partial charge on any atom is 0.259 e. The fourth-order valence-corrected chi connectivity index (χ4v) is 3.21. The lowest BCUT2D eigenvalue weighted by atomic mass is 9.93. The van der Waals surface area contributed by atoms with Crippen LogP contribution in [0.25, 0.3) is 11.1 Å². The summed E-state index contributed by atoms with van der Waals surface area (Å²) in [6.45, 7) is 0. The van der Waals surface area contributed by atoms with Crippen LogP contribution >= 0.6 is 46.4 Å². The van der Waals surface area contributed by atoms with Crippen LogP contribution in [0.2, 0.25) is 5.02 Å². The molecule has 2 amide bonds. The molecule has 0 bridgehead atoms. The number of carbonyl (C=O) groups excluding carboxylic acids is 2. The summed E-state index contributed by atoms with van der Waals surface area (Å²) in [7, 11) is 0. The second-order valence-corrected chi connectivity index (χ2v) is 7.36. The third-order valence-electron chi connectivity index (χ3n) is 3.35. The van der Waals surface area contributed by atoms with Crippen molar-refractivity contribution in [2.75, 3.05) is 0 Å². The number of hydrogen-bond donors (Lipinski definition) is 1. The number of alkyl halides is 3. The molecule has 0 saturated carbocycles. The van der Waals surface area contributed by atoms with Gasteiger partial charge in [-0.3, -0.25) is 14.9 Å². The Morgan fingerprint density at radius 2 is 1.45 bits per heavy atom. The number of nitrogens with one attached hydrogen (secondary N) is 1. The van der Waals surface area contributed by atoms with Gasteiger partial charge in [-0.05, 0) is 17.7 Å². The molecule has 0 atom stereocenters. The number of imide groups is 1. The first kappa shape index (κ1) is 15.6. The number of halogens is 4. The highest BCUT2D eigenvalue weighted by Gasteiger charge is 2.34. The number of hydrogen-bond acceptors (Lipinski definition) is 2. The van der Waals surface area contributed by atoms with Gasteiger partial charge in [0.25, 0.3) is 11.8 Å². The Labute approximate surface area is 146 Å². The third-order valence-corrected chi connectivity index (χ3v) is 4.28. The summed E-state index contributed by atoms with van der Waals surface area (Å²) in [5.74, 6) is -0.949. The van der Waals surface area contributed by atoms with Gasteiger partial charge in [0.15, 0.2) is 0 Å². The second-order valence-electron chi connectivity index (χ2n) is 4.67. The molecule has 22 heavy (non-hydrogen) atoms. The molecule has 2 aromatic carbocycles. The smallest absolute Gasteiger partial charge is 0.259 e. The van der Waals surface area contributed by atoms with E-state index in [1.807, 2.05) is 0 Å². The first-order valence-corrected chi connectivity index (χ1v) is 7.66. The average molecular weight is 375 g/mol. The summed E-state index contributed by atoms with van der Waals surface area (Å²) in [4.78, 5) is 23.9. The van der Waals surface area contributed by atoms with Crippen molar-refractivity contribution < 1.29 is 9.59 Å². The Balaban J connectivity index is 2.36. The summed E-state index contributed by atoms with van der Waals surface area (Å²) in [6.07, 6.45) is 0. The van der Waals surface area contributed by atoms with E-state index in [2.05, 4.69) is 5.32 Å². The van der Waals surface area contributed by atoms with Crippen LogP contribution in [0.15, 0.2) is 36.4 Å². The molecule has 0 radical (unpaired) electrons. The van der Waals surface area contributed by atoms with E-state index in [1.165, 1.54) is 0 Å². The molecule has 1 aliphatic rings. The number of fused-ring (bicyclic) bond motifs is 1. The van der Waals surface area contributed by atoms with E-state index in [4.69, 9.17) is 46.4 Å². The van der Waals surface area contributed by atoms with Gasteiger partial charge in [-0.2, -0.15) is 0 Å². The SMILES string of the molecule is O=C1NC(=O)c2c1cccc2-c1c(Cl)cccc1C(Cl)(Cl)Cl. The van der Waals surface area contributed by atoms with Crippen LogP contribution in [-0.4, -0.2) is 11.8 Å².